The first-order valence-electron chi connectivity index (χ1n) is 7.08. The van der Waals surface area contributed by atoms with Crippen molar-refractivity contribution < 1.29 is 4.74 Å². The number of hydrogen-bond acceptors (Lipinski definition) is 2. The van der Waals surface area contributed by atoms with Crippen LogP contribution < -0.4 is 10.1 Å². The minimum absolute atomic E-state index is 0.292. The van der Waals surface area contributed by atoms with Gasteiger partial charge in [0.05, 0.1) is 6.10 Å². The van der Waals surface area contributed by atoms with E-state index in [0.29, 0.717) is 18.1 Å². The highest BCUT2D eigenvalue weighted by molar-refractivity contribution is 5.50. The van der Waals surface area contributed by atoms with Crippen LogP contribution in [0, 0.1) is 6.92 Å². The molecule has 1 N–H and O–H groups in total. The molecular formula is C16H25NO. The first-order valence-corrected chi connectivity index (χ1v) is 7.08. The van der Waals surface area contributed by atoms with Gasteiger partial charge in [0, 0.05) is 18.0 Å². The van der Waals surface area contributed by atoms with Crippen molar-refractivity contribution in [3.8, 4) is 5.75 Å². The van der Waals surface area contributed by atoms with Gasteiger partial charge in [0.2, 0.25) is 0 Å². The summed E-state index contributed by atoms with van der Waals surface area (Å²) in [5.74, 6) is 1.64. The Labute approximate surface area is 111 Å². The zero-order chi connectivity index (χ0) is 13.3. The maximum atomic E-state index is 6.14. The lowest BCUT2D eigenvalue weighted by Crippen LogP contribution is -2.32. The molecule has 0 spiro atoms. The third-order valence-corrected chi connectivity index (χ3v) is 3.75. The van der Waals surface area contributed by atoms with Gasteiger partial charge in [-0.3, -0.25) is 0 Å². The summed E-state index contributed by atoms with van der Waals surface area (Å²) in [6.45, 7) is 12.0. The van der Waals surface area contributed by atoms with Crippen molar-refractivity contribution in [1.29, 1.82) is 0 Å². The molecule has 0 saturated carbocycles. The summed E-state index contributed by atoms with van der Waals surface area (Å²) >= 11 is 0. The van der Waals surface area contributed by atoms with E-state index in [9.17, 15) is 0 Å². The molecule has 2 heteroatoms. The Morgan fingerprint density at radius 2 is 2.11 bits per heavy atom. The number of nitrogens with one attached hydrogen (secondary N) is 1. The van der Waals surface area contributed by atoms with Crippen LogP contribution in [0.4, 0.5) is 0 Å². The van der Waals surface area contributed by atoms with E-state index >= 15 is 0 Å². The van der Waals surface area contributed by atoms with Crippen LogP contribution in [0.3, 0.4) is 0 Å². The molecule has 2 rings (SSSR count). The van der Waals surface area contributed by atoms with Gasteiger partial charge in [-0.2, -0.15) is 0 Å². The van der Waals surface area contributed by atoms with Crippen LogP contribution in [0.5, 0.6) is 5.75 Å². The molecule has 2 nitrogen and oxygen atoms in total. The summed E-state index contributed by atoms with van der Waals surface area (Å²) in [6, 6.07) is 4.89. The number of fused-ring (bicyclic) bond motifs is 1. The van der Waals surface area contributed by atoms with E-state index in [-0.39, 0.29) is 0 Å². The predicted octanol–water partition coefficient (Wildman–Crippen LogP) is 3.94. The second-order valence-electron chi connectivity index (χ2n) is 5.64. The molecule has 2 atom stereocenters. The Morgan fingerprint density at radius 1 is 1.39 bits per heavy atom. The van der Waals surface area contributed by atoms with Crippen LogP contribution in [0.15, 0.2) is 12.1 Å². The Kier molecular flexibility index (Phi) is 3.96. The van der Waals surface area contributed by atoms with Gasteiger partial charge in [0.1, 0.15) is 5.75 Å². The molecule has 0 amide bonds. The molecule has 2 unspecified atom stereocenters. The third kappa shape index (κ3) is 2.39. The minimum atomic E-state index is 0.292. The lowest BCUT2D eigenvalue weighted by Gasteiger charge is -2.34. The standard InChI is InChI=1S/C16H25NO/c1-6-17-14-9-12(5)18-16-13(10(2)3)8-7-11(4)15(14)16/h7-8,10,12,14,17H,6,9H2,1-5H3. The first kappa shape index (κ1) is 13.4. The summed E-state index contributed by atoms with van der Waals surface area (Å²) in [5, 5.41) is 3.60. The van der Waals surface area contributed by atoms with E-state index in [2.05, 4.69) is 52.1 Å². The smallest absolute Gasteiger partial charge is 0.128 e. The number of ether oxygens (including phenoxy) is 1. The Hall–Kier alpha value is -1.02. The maximum Gasteiger partial charge on any atom is 0.128 e. The second kappa shape index (κ2) is 5.31. The lowest BCUT2D eigenvalue weighted by atomic mass is 9.88. The molecule has 1 aromatic carbocycles. The molecule has 1 aliphatic rings. The quantitative estimate of drug-likeness (QED) is 0.873. The molecule has 100 valence electrons. The van der Waals surface area contributed by atoms with Gasteiger partial charge in [-0.1, -0.05) is 32.9 Å². The van der Waals surface area contributed by atoms with Crippen molar-refractivity contribution in [2.45, 2.75) is 59.1 Å². The molecule has 0 bridgehead atoms. The molecule has 18 heavy (non-hydrogen) atoms. The molecule has 0 radical (unpaired) electrons. The van der Waals surface area contributed by atoms with Crippen LogP contribution in [0.1, 0.15) is 62.8 Å². The van der Waals surface area contributed by atoms with E-state index in [4.69, 9.17) is 4.74 Å². The molecule has 0 saturated heterocycles. The van der Waals surface area contributed by atoms with Gasteiger partial charge >= 0.3 is 0 Å². The van der Waals surface area contributed by atoms with Gasteiger partial charge < -0.3 is 10.1 Å². The summed E-state index contributed by atoms with van der Waals surface area (Å²) in [5.41, 5.74) is 4.05. The summed E-state index contributed by atoms with van der Waals surface area (Å²) in [4.78, 5) is 0. The van der Waals surface area contributed by atoms with E-state index in [1.165, 1.54) is 16.7 Å². The molecule has 0 aliphatic carbocycles. The average Bonchev–Trinajstić information content (AvgIpc) is 2.28. The Balaban J connectivity index is 2.52. The van der Waals surface area contributed by atoms with Gasteiger partial charge in [0.15, 0.2) is 0 Å². The number of hydrogen-bond donors (Lipinski definition) is 1. The van der Waals surface area contributed by atoms with Gasteiger partial charge in [-0.25, -0.2) is 0 Å². The predicted molar refractivity (Wildman–Crippen MR) is 76.4 cm³/mol. The highest BCUT2D eigenvalue weighted by atomic mass is 16.5. The van der Waals surface area contributed by atoms with Crippen molar-refractivity contribution in [3.05, 3.63) is 28.8 Å². The fourth-order valence-electron chi connectivity index (χ4n) is 2.86. The Bertz CT molecular complexity index is 425. The highest BCUT2D eigenvalue weighted by Gasteiger charge is 2.29. The lowest BCUT2D eigenvalue weighted by molar-refractivity contribution is 0.164. The van der Waals surface area contributed by atoms with Crippen molar-refractivity contribution in [3.63, 3.8) is 0 Å². The molecule has 1 heterocycles. The largest absolute Gasteiger partial charge is 0.490 e. The molecule has 0 fully saturated rings. The Morgan fingerprint density at radius 3 is 2.72 bits per heavy atom. The second-order valence-corrected chi connectivity index (χ2v) is 5.64. The van der Waals surface area contributed by atoms with E-state index < -0.39 is 0 Å². The molecule has 1 aliphatic heterocycles. The summed E-state index contributed by atoms with van der Waals surface area (Å²) in [6.07, 6.45) is 1.35. The molecule has 0 aromatic heterocycles. The van der Waals surface area contributed by atoms with E-state index in [1.54, 1.807) is 0 Å². The van der Waals surface area contributed by atoms with Crippen LogP contribution in [-0.2, 0) is 0 Å². The van der Waals surface area contributed by atoms with Crippen molar-refractivity contribution in [2.75, 3.05) is 6.54 Å². The number of aryl methyl sites for hydroxylation is 1. The first-order chi connectivity index (χ1) is 8.54. The van der Waals surface area contributed by atoms with E-state index in [1.807, 2.05) is 0 Å². The zero-order valence-electron chi connectivity index (χ0n) is 12.2. The minimum Gasteiger partial charge on any atom is -0.490 e. The highest BCUT2D eigenvalue weighted by Crippen LogP contribution is 2.41. The molecule has 1 aromatic rings. The van der Waals surface area contributed by atoms with Crippen molar-refractivity contribution in [2.24, 2.45) is 0 Å². The monoisotopic (exact) mass is 247 g/mol. The number of benzene rings is 1. The van der Waals surface area contributed by atoms with Gasteiger partial charge in [-0.05, 0) is 37.4 Å². The normalized spacial score (nSPS) is 22.8. The fourth-order valence-corrected chi connectivity index (χ4v) is 2.86. The third-order valence-electron chi connectivity index (χ3n) is 3.75. The fraction of sp³-hybridized carbons (Fsp3) is 0.625. The topological polar surface area (TPSA) is 21.3 Å². The van der Waals surface area contributed by atoms with Crippen LogP contribution in [0.25, 0.3) is 0 Å². The molecular weight excluding hydrogens is 222 g/mol. The van der Waals surface area contributed by atoms with Crippen LogP contribution in [0.2, 0.25) is 0 Å². The van der Waals surface area contributed by atoms with Crippen LogP contribution >= 0.6 is 0 Å². The summed E-state index contributed by atoms with van der Waals surface area (Å²) in [7, 11) is 0. The van der Waals surface area contributed by atoms with Gasteiger partial charge in [0.25, 0.3) is 0 Å². The SMILES string of the molecule is CCNC1CC(C)Oc2c(C(C)C)ccc(C)c21. The van der Waals surface area contributed by atoms with Crippen molar-refractivity contribution >= 4 is 0 Å². The summed E-state index contributed by atoms with van der Waals surface area (Å²) < 4.78 is 6.14. The number of rotatable bonds is 3. The maximum absolute atomic E-state index is 6.14. The zero-order valence-corrected chi connectivity index (χ0v) is 12.2. The average molecular weight is 247 g/mol. The van der Waals surface area contributed by atoms with Crippen molar-refractivity contribution in [1.82, 2.24) is 5.32 Å². The van der Waals surface area contributed by atoms with Gasteiger partial charge in [-0.15, -0.1) is 0 Å². The van der Waals surface area contributed by atoms with Crippen LogP contribution in [-0.4, -0.2) is 12.6 Å². The van der Waals surface area contributed by atoms with E-state index in [0.717, 1.165) is 18.7 Å².